The number of nitrogens with zero attached hydrogens (tertiary/aromatic N) is 2. The van der Waals surface area contributed by atoms with Gasteiger partial charge in [-0.15, -0.1) is 0 Å². The highest BCUT2D eigenvalue weighted by atomic mass is 35.5. The van der Waals surface area contributed by atoms with Crippen LogP contribution in [0.5, 0.6) is 0 Å². The largest absolute Gasteiger partial charge is 0.330 e. The predicted octanol–water partition coefficient (Wildman–Crippen LogP) is 4.21. The van der Waals surface area contributed by atoms with E-state index in [0.29, 0.717) is 11.8 Å². The van der Waals surface area contributed by atoms with E-state index in [1.807, 2.05) is 6.20 Å². The van der Waals surface area contributed by atoms with E-state index in [0.717, 1.165) is 30.5 Å². The number of hydrogen-bond donors (Lipinski definition) is 1. The smallest absolute Gasteiger partial charge is 0.0820 e. The molecule has 1 aromatic rings. The van der Waals surface area contributed by atoms with Gasteiger partial charge in [0.1, 0.15) is 0 Å². The highest BCUT2D eigenvalue weighted by Crippen LogP contribution is 2.43. The Morgan fingerprint density at radius 2 is 2.15 bits per heavy atom. The summed E-state index contributed by atoms with van der Waals surface area (Å²) in [6.07, 6.45) is 9.28. The minimum atomic E-state index is 0.492. The number of aromatic nitrogens is 2. The molecule has 3 unspecified atom stereocenters. The molecule has 0 radical (unpaired) electrons. The zero-order valence-corrected chi connectivity index (χ0v) is 13.6. The maximum Gasteiger partial charge on any atom is 0.0820 e. The van der Waals surface area contributed by atoms with Crippen molar-refractivity contribution in [3.63, 3.8) is 0 Å². The minimum Gasteiger partial charge on any atom is -0.330 e. The van der Waals surface area contributed by atoms with Gasteiger partial charge in [0.15, 0.2) is 0 Å². The van der Waals surface area contributed by atoms with E-state index in [1.54, 1.807) is 0 Å². The first kappa shape index (κ1) is 15.8. The lowest BCUT2D eigenvalue weighted by Gasteiger charge is -2.36. The fourth-order valence-corrected chi connectivity index (χ4v) is 4.02. The summed E-state index contributed by atoms with van der Waals surface area (Å²) in [4.78, 5) is 0. The Morgan fingerprint density at radius 1 is 1.35 bits per heavy atom. The Balaban J connectivity index is 2.24. The molecule has 0 aliphatic heterocycles. The normalized spacial score (nSPS) is 26.9. The molecule has 1 heterocycles. The summed E-state index contributed by atoms with van der Waals surface area (Å²) in [5, 5.41) is 5.30. The van der Waals surface area contributed by atoms with Crippen LogP contribution < -0.4 is 5.73 Å². The second-order valence-electron chi connectivity index (χ2n) is 6.17. The predicted molar refractivity (Wildman–Crippen MR) is 85.1 cm³/mol. The summed E-state index contributed by atoms with van der Waals surface area (Å²) in [5.41, 5.74) is 7.26. The number of aryl methyl sites for hydroxylation is 1. The van der Waals surface area contributed by atoms with Gasteiger partial charge in [-0.25, -0.2) is 0 Å². The average molecular weight is 298 g/mol. The first-order valence-corrected chi connectivity index (χ1v) is 8.50. The molecule has 1 aliphatic rings. The van der Waals surface area contributed by atoms with Crippen LogP contribution in [-0.2, 0) is 6.54 Å². The van der Waals surface area contributed by atoms with E-state index in [1.165, 1.54) is 37.8 Å². The Morgan fingerprint density at radius 3 is 2.80 bits per heavy atom. The number of nitrogens with two attached hydrogens (primary N) is 1. The second-order valence-corrected chi connectivity index (χ2v) is 6.58. The summed E-state index contributed by atoms with van der Waals surface area (Å²) in [7, 11) is 0. The number of rotatable bonds is 6. The van der Waals surface area contributed by atoms with Gasteiger partial charge in [-0.3, -0.25) is 4.68 Å². The molecule has 3 atom stereocenters. The molecular formula is C16H28ClN3. The van der Waals surface area contributed by atoms with Crippen LogP contribution in [0.15, 0.2) is 6.20 Å². The molecule has 20 heavy (non-hydrogen) atoms. The van der Waals surface area contributed by atoms with Crippen LogP contribution in [0.1, 0.15) is 64.0 Å². The third-order valence-electron chi connectivity index (χ3n) is 4.72. The monoisotopic (exact) mass is 297 g/mol. The van der Waals surface area contributed by atoms with E-state index < -0.39 is 0 Å². The molecule has 0 amide bonds. The van der Waals surface area contributed by atoms with Gasteiger partial charge in [-0.05, 0) is 37.6 Å². The Bertz CT molecular complexity index is 416. The summed E-state index contributed by atoms with van der Waals surface area (Å²) in [5.74, 6) is 1.88. The molecule has 1 aromatic heterocycles. The maximum atomic E-state index is 6.44. The summed E-state index contributed by atoms with van der Waals surface area (Å²) >= 11 is 6.44. The number of halogens is 1. The van der Waals surface area contributed by atoms with Gasteiger partial charge in [0, 0.05) is 12.5 Å². The lowest BCUT2D eigenvalue weighted by Crippen LogP contribution is -2.30. The van der Waals surface area contributed by atoms with Crippen molar-refractivity contribution in [2.24, 2.45) is 17.6 Å². The van der Waals surface area contributed by atoms with Crippen molar-refractivity contribution < 1.29 is 0 Å². The van der Waals surface area contributed by atoms with Crippen LogP contribution in [0.4, 0.5) is 0 Å². The first-order valence-electron chi connectivity index (χ1n) is 8.12. The van der Waals surface area contributed by atoms with Crippen LogP contribution in [0.3, 0.4) is 0 Å². The first-order chi connectivity index (χ1) is 9.71. The minimum absolute atomic E-state index is 0.492. The lowest BCUT2D eigenvalue weighted by atomic mass is 9.71. The van der Waals surface area contributed by atoms with Crippen molar-refractivity contribution >= 4 is 11.6 Å². The fraction of sp³-hybridized carbons (Fsp3) is 0.812. The highest BCUT2D eigenvalue weighted by molar-refractivity contribution is 6.31. The second kappa shape index (κ2) is 7.46. The summed E-state index contributed by atoms with van der Waals surface area (Å²) < 4.78 is 2.12. The third-order valence-corrected chi connectivity index (χ3v) is 5.01. The quantitative estimate of drug-likeness (QED) is 0.855. The van der Waals surface area contributed by atoms with E-state index in [2.05, 4.69) is 23.6 Å². The highest BCUT2D eigenvalue weighted by Gasteiger charge is 2.33. The zero-order valence-electron chi connectivity index (χ0n) is 12.8. The summed E-state index contributed by atoms with van der Waals surface area (Å²) in [6.45, 7) is 6.17. The average Bonchev–Trinajstić information content (AvgIpc) is 2.80. The van der Waals surface area contributed by atoms with Gasteiger partial charge in [-0.2, -0.15) is 5.10 Å². The van der Waals surface area contributed by atoms with Gasteiger partial charge in [0.05, 0.1) is 16.9 Å². The van der Waals surface area contributed by atoms with Crippen molar-refractivity contribution in [2.75, 3.05) is 6.54 Å². The molecule has 2 rings (SSSR count). The topological polar surface area (TPSA) is 43.8 Å². The van der Waals surface area contributed by atoms with Crippen molar-refractivity contribution in [3.8, 4) is 0 Å². The zero-order chi connectivity index (χ0) is 14.5. The van der Waals surface area contributed by atoms with E-state index >= 15 is 0 Å². The van der Waals surface area contributed by atoms with Crippen LogP contribution >= 0.6 is 11.6 Å². The van der Waals surface area contributed by atoms with Crippen molar-refractivity contribution in [1.29, 1.82) is 0 Å². The van der Waals surface area contributed by atoms with Gasteiger partial charge >= 0.3 is 0 Å². The molecule has 0 bridgehead atoms. The molecule has 0 aromatic carbocycles. The van der Waals surface area contributed by atoms with E-state index in [-0.39, 0.29) is 0 Å². The molecule has 1 fully saturated rings. The Kier molecular flexibility index (Phi) is 5.91. The molecule has 114 valence electrons. The van der Waals surface area contributed by atoms with Crippen LogP contribution in [-0.4, -0.2) is 16.3 Å². The van der Waals surface area contributed by atoms with Crippen molar-refractivity contribution in [2.45, 2.75) is 64.8 Å². The standard InChI is InChI=1S/C16H28ClN3/c1-3-5-12-6-7-13(10-18)14(9-12)16-15(17)11-19-20(16)8-4-2/h11-14H,3-10,18H2,1-2H3. The SMILES string of the molecule is CCCC1CCC(CN)C(c2c(Cl)cnn2CCC)C1. The molecule has 1 aliphatic carbocycles. The van der Waals surface area contributed by atoms with Crippen molar-refractivity contribution in [1.82, 2.24) is 9.78 Å². The molecule has 3 nitrogen and oxygen atoms in total. The lowest BCUT2D eigenvalue weighted by molar-refractivity contribution is 0.222. The molecule has 2 N–H and O–H groups in total. The van der Waals surface area contributed by atoms with Crippen LogP contribution in [0.25, 0.3) is 0 Å². The molecule has 1 saturated carbocycles. The Labute approximate surface area is 127 Å². The fourth-order valence-electron chi connectivity index (χ4n) is 3.74. The number of hydrogen-bond acceptors (Lipinski definition) is 2. The van der Waals surface area contributed by atoms with Crippen LogP contribution in [0, 0.1) is 11.8 Å². The van der Waals surface area contributed by atoms with E-state index in [4.69, 9.17) is 17.3 Å². The van der Waals surface area contributed by atoms with Gasteiger partial charge in [0.25, 0.3) is 0 Å². The van der Waals surface area contributed by atoms with Gasteiger partial charge in [-0.1, -0.05) is 44.7 Å². The van der Waals surface area contributed by atoms with Crippen LogP contribution in [0.2, 0.25) is 5.02 Å². The molecule has 0 spiro atoms. The van der Waals surface area contributed by atoms with Gasteiger partial charge in [0.2, 0.25) is 0 Å². The van der Waals surface area contributed by atoms with Crippen molar-refractivity contribution in [3.05, 3.63) is 16.9 Å². The Hall–Kier alpha value is -0.540. The molecule has 4 heteroatoms. The molecule has 0 saturated heterocycles. The maximum absolute atomic E-state index is 6.44. The van der Waals surface area contributed by atoms with E-state index in [9.17, 15) is 0 Å². The van der Waals surface area contributed by atoms with Gasteiger partial charge < -0.3 is 5.73 Å². The molecular weight excluding hydrogens is 270 g/mol. The third kappa shape index (κ3) is 3.37. The summed E-state index contributed by atoms with van der Waals surface area (Å²) in [6, 6.07) is 0.